The van der Waals surface area contributed by atoms with Crippen LogP contribution >= 0.6 is 11.3 Å². The summed E-state index contributed by atoms with van der Waals surface area (Å²) in [5.74, 6) is 0.426. The molecule has 0 fully saturated rings. The normalized spacial score (nSPS) is 11.2. The van der Waals surface area contributed by atoms with E-state index in [9.17, 15) is 13.2 Å². The lowest BCUT2D eigenvalue weighted by Gasteiger charge is -2.19. The number of amides is 1. The van der Waals surface area contributed by atoms with Crippen molar-refractivity contribution in [1.82, 2.24) is 4.98 Å². The summed E-state index contributed by atoms with van der Waals surface area (Å²) in [6.45, 7) is 4.48. The first kappa shape index (κ1) is 24.4. The molecule has 1 aromatic heterocycles. The molecule has 1 N–H and O–H groups in total. The monoisotopic (exact) mass is 507 g/mol. The molecule has 0 aliphatic rings. The molecule has 0 radical (unpaired) electrons. The van der Waals surface area contributed by atoms with Gasteiger partial charge in [0.05, 0.1) is 22.9 Å². The topological polar surface area (TPSA) is 88.6 Å². The summed E-state index contributed by atoms with van der Waals surface area (Å²) in [7, 11) is -2.25. The van der Waals surface area contributed by atoms with Crippen LogP contribution in [0.15, 0.2) is 83.8 Å². The molecule has 3 aromatic carbocycles. The van der Waals surface area contributed by atoms with Crippen molar-refractivity contribution in [3.05, 3.63) is 89.3 Å². The summed E-state index contributed by atoms with van der Waals surface area (Å²) < 4.78 is 32.6. The Labute approximate surface area is 209 Å². The fraction of sp³-hybridized carbons (Fsp3) is 0.154. The quantitative estimate of drug-likeness (QED) is 0.336. The van der Waals surface area contributed by atoms with Crippen LogP contribution in [-0.2, 0) is 10.0 Å². The zero-order chi connectivity index (χ0) is 25.0. The molecular weight excluding hydrogens is 482 g/mol. The summed E-state index contributed by atoms with van der Waals surface area (Å²) in [4.78, 5) is 18.4. The lowest BCUT2D eigenvalue weighted by molar-refractivity contribution is 0.102. The largest absolute Gasteiger partial charge is 0.494 e. The van der Waals surface area contributed by atoms with Gasteiger partial charge in [0.1, 0.15) is 5.75 Å². The molecule has 0 bridgehead atoms. The highest BCUT2D eigenvalue weighted by Crippen LogP contribution is 2.31. The second kappa shape index (κ2) is 10.3. The Morgan fingerprint density at radius 2 is 1.66 bits per heavy atom. The van der Waals surface area contributed by atoms with Crippen LogP contribution in [0.3, 0.4) is 0 Å². The van der Waals surface area contributed by atoms with Crippen LogP contribution in [0.4, 0.5) is 10.8 Å². The number of aromatic nitrogens is 1. The van der Waals surface area contributed by atoms with Crippen LogP contribution in [0.1, 0.15) is 22.2 Å². The Bertz CT molecular complexity index is 1420. The predicted octanol–water partition coefficient (Wildman–Crippen LogP) is 5.59. The van der Waals surface area contributed by atoms with E-state index in [2.05, 4.69) is 10.3 Å². The van der Waals surface area contributed by atoms with Crippen molar-refractivity contribution in [2.24, 2.45) is 0 Å². The van der Waals surface area contributed by atoms with E-state index in [0.717, 1.165) is 21.9 Å². The summed E-state index contributed by atoms with van der Waals surface area (Å²) in [6, 6.07) is 22.3. The molecule has 4 rings (SSSR count). The zero-order valence-corrected chi connectivity index (χ0v) is 21.2. The SMILES string of the molecule is CCOc1ccc(-c2nc(NC(=O)c3ccc(S(=O)(=O)N(C)c4ccccc4)cc3)sc2C)cc1. The van der Waals surface area contributed by atoms with Gasteiger partial charge in [-0.05, 0) is 74.5 Å². The number of anilines is 2. The number of carbonyl (C=O) groups is 1. The molecule has 180 valence electrons. The number of ether oxygens (including phenoxy) is 1. The number of nitrogens with one attached hydrogen (secondary N) is 1. The van der Waals surface area contributed by atoms with Crippen LogP contribution in [0.25, 0.3) is 11.3 Å². The molecular formula is C26H25N3O4S2. The molecule has 0 atom stereocenters. The van der Waals surface area contributed by atoms with E-state index < -0.39 is 10.0 Å². The number of para-hydroxylation sites is 1. The van der Waals surface area contributed by atoms with Gasteiger partial charge >= 0.3 is 0 Å². The lowest BCUT2D eigenvalue weighted by Crippen LogP contribution is -2.26. The van der Waals surface area contributed by atoms with Gasteiger partial charge in [0.2, 0.25) is 0 Å². The average molecular weight is 508 g/mol. The van der Waals surface area contributed by atoms with Gasteiger partial charge in [-0.25, -0.2) is 13.4 Å². The molecule has 4 aromatic rings. The molecule has 0 aliphatic heterocycles. The van der Waals surface area contributed by atoms with Crippen molar-refractivity contribution >= 4 is 38.1 Å². The molecule has 7 nitrogen and oxygen atoms in total. The molecule has 35 heavy (non-hydrogen) atoms. The minimum Gasteiger partial charge on any atom is -0.494 e. The fourth-order valence-electron chi connectivity index (χ4n) is 3.48. The number of aryl methyl sites for hydroxylation is 1. The lowest BCUT2D eigenvalue weighted by atomic mass is 10.1. The maximum atomic E-state index is 12.9. The van der Waals surface area contributed by atoms with Crippen LogP contribution < -0.4 is 14.4 Å². The van der Waals surface area contributed by atoms with E-state index in [4.69, 9.17) is 4.74 Å². The highest BCUT2D eigenvalue weighted by Gasteiger charge is 2.22. The fourth-order valence-corrected chi connectivity index (χ4v) is 5.50. The molecule has 0 unspecified atom stereocenters. The number of hydrogen-bond donors (Lipinski definition) is 1. The van der Waals surface area contributed by atoms with Crippen molar-refractivity contribution in [3.63, 3.8) is 0 Å². The van der Waals surface area contributed by atoms with Crippen LogP contribution in [0.5, 0.6) is 5.75 Å². The smallest absolute Gasteiger partial charge is 0.264 e. The minimum absolute atomic E-state index is 0.100. The van der Waals surface area contributed by atoms with E-state index in [1.54, 1.807) is 24.3 Å². The van der Waals surface area contributed by atoms with E-state index >= 15 is 0 Å². The van der Waals surface area contributed by atoms with E-state index in [-0.39, 0.29) is 10.8 Å². The molecule has 1 heterocycles. The standard InChI is InChI=1S/C26H25N3O4S2/c1-4-33-22-14-10-19(11-15-22)24-18(2)34-26(27-24)28-25(30)20-12-16-23(17-13-20)35(31,32)29(3)21-8-6-5-7-9-21/h5-17H,4H2,1-3H3,(H,27,28,30). The number of carbonyl (C=O) groups excluding carboxylic acids is 1. The highest BCUT2D eigenvalue weighted by atomic mass is 32.2. The third kappa shape index (κ3) is 5.36. The summed E-state index contributed by atoms with van der Waals surface area (Å²) >= 11 is 1.38. The minimum atomic E-state index is -3.75. The van der Waals surface area contributed by atoms with Crippen molar-refractivity contribution in [2.75, 3.05) is 23.3 Å². The van der Waals surface area contributed by atoms with Gasteiger partial charge in [-0.15, -0.1) is 11.3 Å². The third-order valence-electron chi connectivity index (χ3n) is 5.35. The number of sulfonamides is 1. The van der Waals surface area contributed by atoms with Gasteiger partial charge < -0.3 is 4.74 Å². The Kier molecular flexibility index (Phi) is 7.18. The summed E-state index contributed by atoms with van der Waals surface area (Å²) in [5.41, 5.74) is 2.61. The molecule has 0 spiro atoms. The molecule has 0 saturated carbocycles. The van der Waals surface area contributed by atoms with Gasteiger partial charge in [-0.1, -0.05) is 18.2 Å². The number of rotatable bonds is 8. The van der Waals surface area contributed by atoms with Crippen molar-refractivity contribution < 1.29 is 17.9 Å². The number of benzene rings is 3. The molecule has 0 aliphatic carbocycles. The third-order valence-corrected chi connectivity index (χ3v) is 8.04. The predicted molar refractivity (Wildman–Crippen MR) is 140 cm³/mol. The first-order chi connectivity index (χ1) is 16.8. The van der Waals surface area contributed by atoms with Gasteiger partial charge in [-0.2, -0.15) is 0 Å². The Morgan fingerprint density at radius 1 is 1.00 bits per heavy atom. The highest BCUT2D eigenvalue weighted by molar-refractivity contribution is 7.92. The van der Waals surface area contributed by atoms with Crippen LogP contribution in [-0.4, -0.2) is 33.0 Å². The first-order valence-electron chi connectivity index (χ1n) is 11.0. The van der Waals surface area contributed by atoms with Crippen LogP contribution in [0.2, 0.25) is 0 Å². The second-order valence-corrected chi connectivity index (χ2v) is 10.8. The van der Waals surface area contributed by atoms with E-state index in [1.165, 1.54) is 47.0 Å². The summed E-state index contributed by atoms with van der Waals surface area (Å²) in [6.07, 6.45) is 0. The Balaban J connectivity index is 1.48. The van der Waals surface area contributed by atoms with Gasteiger partial charge in [0.25, 0.3) is 15.9 Å². The Hall–Kier alpha value is -3.69. The molecule has 9 heteroatoms. The number of thiazole rings is 1. The summed E-state index contributed by atoms with van der Waals surface area (Å²) in [5, 5.41) is 3.28. The van der Waals surface area contributed by atoms with E-state index in [1.807, 2.05) is 44.2 Å². The van der Waals surface area contributed by atoms with Gasteiger partial charge in [0.15, 0.2) is 5.13 Å². The van der Waals surface area contributed by atoms with Crippen molar-refractivity contribution in [3.8, 4) is 17.0 Å². The van der Waals surface area contributed by atoms with Crippen molar-refractivity contribution in [2.45, 2.75) is 18.7 Å². The first-order valence-corrected chi connectivity index (χ1v) is 13.2. The van der Waals surface area contributed by atoms with E-state index in [0.29, 0.717) is 23.0 Å². The maximum absolute atomic E-state index is 12.9. The maximum Gasteiger partial charge on any atom is 0.264 e. The van der Waals surface area contributed by atoms with Crippen molar-refractivity contribution in [1.29, 1.82) is 0 Å². The van der Waals surface area contributed by atoms with Gasteiger partial charge in [0, 0.05) is 23.1 Å². The number of nitrogens with zero attached hydrogens (tertiary/aromatic N) is 2. The second-order valence-electron chi connectivity index (χ2n) is 7.67. The molecule has 0 saturated heterocycles. The Morgan fingerprint density at radius 3 is 2.29 bits per heavy atom. The zero-order valence-electron chi connectivity index (χ0n) is 19.6. The average Bonchev–Trinajstić information content (AvgIpc) is 3.24. The van der Waals surface area contributed by atoms with Gasteiger partial charge in [-0.3, -0.25) is 14.4 Å². The van der Waals surface area contributed by atoms with Crippen LogP contribution in [0, 0.1) is 6.92 Å². The number of hydrogen-bond acceptors (Lipinski definition) is 6. The molecule has 1 amide bonds.